The van der Waals surface area contributed by atoms with Crippen molar-refractivity contribution >= 4 is 33.7 Å². The zero-order valence-electron chi connectivity index (χ0n) is 8.77. The Kier molecular flexibility index (Phi) is 4.71. The molecule has 0 aromatic heterocycles. The number of benzene rings is 1. The summed E-state index contributed by atoms with van der Waals surface area (Å²) in [5.41, 5.74) is 0.561. The van der Waals surface area contributed by atoms with Crippen LogP contribution in [-0.2, 0) is 4.74 Å². The number of halogens is 1. The smallest absolute Gasteiger partial charge is 0.411 e. The van der Waals surface area contributed by atoms with E-state index in [1.165, 1.54) is 24.3 Å². The monoisotopic (exact) mass is 299 g/mol. The molecule has 0 aliphatic carbocycles. The van der Waals surface area contributed by atoms with Crippen LogP contribution in [0, 0.1) is 0 Å². The number of nitrogens with one attached hydrogen (secondary N) is 1. The van der Waals surface area contributed by atoms with Crippen LogP contribution in [0.15, 0.2) is 35.3 Å². The molecule has 0 saturated heterocycles. The molecule has 0 heterocycles. The average molecular weight is 300 g/mol. The van der Waals surface area contributed by atoms with Crippen LogP contribution in [0.5, 0.6) is 0 Å². The lowest BCUT2D eigenvalue weighted by Crippen LogP contribution is -2.14. The van der Waals surface area contributed by atoms with Crippen LogP contribution in [0.25, 0.3) is 0 Å². The van der Waals surface area contributed by atoms with Gasteiger partial charge in [0.1, 0.15) is 6.61 Å². The predicted molar refractivity (Wildman–Crippen MR) is 66.3 cm³/mol. The van der Waals surface area contributed by atoms with Gasteiger partial charge in [-0.05, 0) is 34.1 Å². The second-order valence-electron chi connectivity index (χ2n) is 3.01. The number of ether oxygens (including phenoxy) is 1. The molecule has 0 unspecified atom stereocenters. The molecule has 0 radical (unpaired) electrons. The van der Waals surface area contributed by atoms with Gasteiger partial charge in [0.2, 0.25) is 0 Å². The highest BCUT2D eigenvalue weighted by atomic mass is 79.9. The van der Waals surface area contributed by atoms with E-state index in [2.05, 4.69) is 27.8 Å². The summed E-state index contributed by atoms with van der Waals surface area (Å²) in [6.45, 7) is 3.52. The molecule has 5 nitrogen and oxygen atoms in total. The molecule has 1 amide bonds. The van der Waals surface area contributed by atoms with Gasteiger partial charge in [0.25, 0.3) is 0 Å². The van der Waals surface area contributed by atoms with E-state index in [0.29, 0.717) is 10.2 Å². The van der Waals surface area contributed by atoms with Crippen molar-refractivity contribution in [1.82, 2.24) is 0 Å². The predicted octanol–water partition coefficient (Wildman–Crippen LogP) is 2.88. The molecule has 6 heteroatoms. The van der Waals surface area contributed by atoms with E-state index >= 15 is 0 Å². The Balaban J connectivity index is 2.75. The Bertz CT molecular complexity index is 459. The van der Waals surface area contributed by atoms with Gasteiger partial charge in [0.15, 0.2) is 0 Å². The lowest BCUT2D eigenvalue weighted by Gasteiger charge is -2.07. The molecule has 0 saturated carbocycles. The molecule has 0 aliphatic rings. The normalized spacial score (nSPS) is 9.47. The van der Waals surface area contributed by atoms with Crippen LogP contribution in [0.1, 0.15) is 10.4 Å². The fourth-order valence-corrected chi connectivity index (χ4v) is 1.51. The number of rotatable bonds is 4. The third-order valence-corrected chi connectivity index (χ3v) is 2.44. The van der Waals surface area contributed by atoms with Gasteiger partial charge < -0.3 is 9.84 Å². The summed E-state index contributed by atoms with van der Waals surface area (Å²) in [5, 5.41) is 11.2. The minimum Gasteiger partial charge on any atom is -0.478 e. The molecule has 1 aromatic carbocycles. The number of amides is 1. The minimum atomic E-state index is -1.04. The lowest BCUT2D eigenvalue weighted by molar-refractivity contribution is 0.0697. The van der Waals surface area contributed by atoms with E-state index in [4.69, 9.17) is 9.84 Å². The fourth-order valence-electron chi connectivity index (χ4n) is 1.03. The van der Waals surface area contributed by atoms with Crippen molar-refractivity contribution in [2.75, 3.05) is 11.9 Å². The molecule has 90 valence electrons. The maximum absolute atomic E-state index is 11.2. The molecule has 0 aliphatic heterocycles. The van der Waals surface area contributed by atoms with Crippen LogP contribution < -0.4 is 5.32 Å². The Labute approximate surface area is 106 Å². The zero-order valence-corrected chi connectivity index (χ0v) is 10.4. The molecule has 0 spiro atoms. The standard InChI is InChI=1S/C11H10BrNO4/c1-2-5-17-11(16)13-9-4-3-7(10(14)15)6-8(9)12/h2-4,6H,1,5H2,(H,13,16)(H,14,15). The first-order valence-corrected chi connectivity index (χ1v) is 5.41. The molecule has 1 rings (SSSR count). The number of carboxylic acids is 1. The second kappa shape index (κ2) is 6.05. The number of hydrogen-bond donors (Lipinski definition) is 2. The number of carboxylic acid groups (broad SMARTS) is 1. The largest absolute Gasteiger partial charge is 0.478 e. The highest BCUT2D eigenvalue weighted by Gasteiger charge is 2.09. The first-order chi connectivity index (χ1) is 8.04. The first-order valence-electron chi connectivity index (χ1n) is 4.62. The number of hydrogen-bond acceptors (Lipinski definition) is 3. The quantitative estimate of drug-likeness (QED) is 0.838. The van der Waals surface area contributed by atoms with E-state index < -0.39 is 12.1 Å². The second-order valence-corrected chi connectivity index (χ2v) is 3.87. The zero-order chi connectivity index (χ0) is 12.8. The molecule has 0 atom stereocenters. The van der Waals surface area contributed by atoms with E-state index in [1.807, 2.05) is 0 Å². The van der Waals surface area contributed by atoms with Crippen molar-refractivity contribution in [1.29, 1.82) is 0 Å². The Morgan fingerprint density at radius 3 is 2.76 bits per heavy atom. The van der Waals surface area contributed by atoms with Gasteiger partial charge in [0.05, 0.1) is 11.3 Å². The lowest BCUT2D eigenvalue weighted by atomic mass is 10.2. The van der Waals surface area contributed by atoms with Gasteiger partial charge in [-0.25, -0.2) is 9.59 Å². The summed E-state index contributed by atoms with van der Waals surface area (Å²) in [6, 6.07) is 4.25. The Hall–Kier alpha value is -1.82. The summed E-state index contributed by atoms with van der Waals surface area (Å²) < 4.78 is 5.19. The van der Waals surface area contributed by atoms with Crippen molar-refractivity contribution in [3.05, 3.63) is 40.9 Å². The van der Waals surface area contributed by atoms with Crippen LogP contribution >= 0.6 is 15.9 Å². The summed E-state index contributed by atoms with van der Waals surface area (Å²) >= 11 is 3.16. The molecular weight excluding hydrogens is 290 g/mol. The molecule has 17 heavy (non-hydrogen) atoms. The van der Waals surface area contributed by atoms with Crippen LogP contribution in [0.3, 0.4) is 0 Å². The van der Waals surface area contributed by atoms with E-state index in [0.717, 1.165) is 0 Å². The molecule has 0 fully saturated rings. The summed E-state index contributed by atoms with van der Waals surface area (Å²) in [5.74, 6) is -1.04. The Morgan fingerprint density at radius 1 is 1.53 bits per heavy atom. The van der Waals surface area contributed by atoms with Gasteiger partial charge in [-0.15, -0.1) is 0 Å². The van der Waals surface area contributed by atoms with E-state index in [-0.39, 0.29) is 12.2 Å². The topological polar surface area (TPSA) is 75.6 Å². The van der Waals surface area contributed by atoms with Crippen LogP contribution in [0.2, 0.25) is 0 Å². The number of anilines is 1. The fraction of sp³-hybridized carbons (Fsp3) is 0.0909. The van der Waals surface area contributed by atoms with E-state index in [9.17, 15) is 9.59 Å². The summed E-state index contributed by atoms with van der Waals surface area (Å²) in [6.07, 6.45) is 0.816. The maximum atomic E-state index is 11.2. The van der Waals surface area contributed by atoms with Gasteiger partial charge in [-0.3, -0.25) is 5.32 Å². The molecule has 0 bridgehead atoms. The van der Waals surface area contributed by atoms with Crippen molar-refractivity contribution < 1.29 is 19.4 Å². The van der Waals surface area contributed by atoms with Gasteiger partial charge in [-0.2, -0.15) is 0 Å². The van der Waals surface area contributed by atoms with Crippen LogP contribution in [0.4, 0.5) is 10.5 Å². The molecular formula is C11H10BrNO4. The summed E-state index contributed by atoms with van der Waals surface area (Å²) in [4.78, 5) is 21.9. The third kappa shape index (κ3) is 3.92. The van der Waals surface area contributed by atoms with Gasteiger partial charge in [-0.1, -0.05) is 12.7 Å². The van der Waals surface area contributed by atoms with Crippen molar-refractivity contribution in [3.63, 3.8) is 0 Å². The maximum Gasteiger partial charge on any atom is 0.411 e. The summed E-state index contributed by atoms with van der Waals surface area (Å²) in [7, 11) is 0. The van der Waals surface area contributed by atoms with Crippen molar-refractivity contribution in [3.8, 4) is 0 Å². The average Bonchev–Trinajstić information content (AvgIpc) is 2.28. The highest BCUT2D eigenvalue weighted by Crippen LogP contribution is 2.23. The van der Waals surface area contributed by atoms with Crippen molar-refractivity contribution in [2.45, 2.75) is 0 Å². The minimum absolute atomic E-state index is 0.108. The highest BCUT2D eigenvalue weighted by molar-refractivity contribution is 9.10. The van der Waals surface area contributed by atoms with E-state index in [1.54, 1.807) is 0 Å². The molecule has 1 aromatic rings. The van der Waals surface area contributed by atoms with Crippen molar-refractivity contribution in [2.24, 2.45) is 0 Å². The SMILES string of the molecule is C=CCOC(=O)Nc1ccc(C(=O)O)cc1Br. The van der Waals surface area contributed by atoms with Crippen LogP contribution in [-0.4, -0.2) is 23.8 Å². The number of aromatic carboxylic acids is 1. The third-order valence-electron chi connectivity index (χ3n) is 1.79. The van der Waals surface area contributed by atoms with Gasteiger partial charge in [0, 0.05) is 4.47 Å². The van der Waals surface area contributed by atoms with Gasteiger partial charge >= 0.3 is 12.1 Å². The number of carbonyl (C=O) groups excluding carboxylic acids is 1. The Morgan fingerprint density at radius 2 is 2.24 bits per heavy atom. The first kappa shape index (κ1) is 13.2. The number of carbonyl (C=O) groups is 2. The molecule has 2 N–H and O–H groups in total.